The third kappa shape index (κ3) is 3.20. The first kappa shape index (κ1) is 14.6. The Balaban J connectivity index is 2.31. The number of carboxylic acid groups (broad SMARTS) is 1. The predicted octanol–water partition coefficient (Wildman–Crippen LogP) is 2.84. The Labute approximate surface area is 122 Å². The third-order valence-corrected chi connectivity index (χ3v) is 3.29. The van der Waals surface area contributed by atoms with E-state index in [4.69, 9.17) is 10.8 Å². The van der Waals surface area contributed by atoms with Crippen LogP contribution < -0.4 is 11.1 Å². The van der Waals surface area contributed by atoms with Gasteiger partial charge in [-0.2, -0.15) is 0 Å². The van der Waals surface area contributed by atoms with Gasteiger partial charge in [0, 0.05) is 11.3 Å². The van der Waals surface area contributed by atoms with E-state index in [-0.39, 0.29) is 17.2 Å². The van der Waals surface area contributed by atoms with Gasteiger partial charge < -0.3 is 16.2 Å². The number of nitrogens with two attached hydrogens (primary N) is 1. The van der Waals surface area contributed by atoms with E-state index in [1.165, 1.54) is 12.1 Å². The molecule has 0 heterocycles. The van der Waals surface area contributed by atoms with E-state index in [1.54, 1.807) is 18.2 Å². The van der Waals surface area contributed by atoms with Gasteiger partial charge >= 0.3 is 5.97 Å². The normalized spacial score (nSPS) is 10.2. The second-order valence-electron chi connectivity index (χ2n) is 4.86. The van der Waals surface area contributed by atoms with Gasteiger partial charge in [0.1, 0.15) is 0 Å². The summed E-state index contributed by atoms with van der Waals surface area (Å²) >= 11 is 0. The fourth-order valence-electron chi connectivity index (χ4n) is 1.92. The molecular formula is C16H16N2O3. The fraction of sp³-hybridized carbons (Fsp3) is 0.125. The van der Waals surface area contributed by atoms with Crippen LogP contribution in [0.3, 0.4) is 0 Å². The molecule has 0 aromatic heterocycles. The van der Waals surface area contributed by atoms with Crippen molar-refractivity contribution in [1.82, 2.24) is 0 Å². The smallest absolute Gasteiger partial charge is 0.337 e. The number of aryl methyl sites for hydroxylation is 2. The number of anilines is 2. The first-order valence-electron chi connectivity index (χ1n) is 6.40. The molecule has 0 fully saturated rings. The maximum Gasteiger partial charge on any atom is 0.337 e. The van der Waals surface area contributed by atoms with Gasteiger partial charge in [-0.3, -0.25) is 4.79 Å². The minimum atomic E-state index is -1.14. The molecule has 0 atom stereocenters. The summed E-state index contributed by atoms with van der Waals surface area (Å²) < 4.78 is 0. The summed E-state index contributed by atoms with van der Waals surface area (Å²) in [5.74, 6) is -1.50. The number of benzene rings is 2. The molecule has 0 aliphatic heterocycles. The number of nitrogen functional groups attached to an aromatic ring is 1. The molecule has 0 aliphatic rings. The maximum atomic E-state index is 12.2. The minimum absolute atomic E-state index is 0.0350. The lowest BCUT2D eigenvalue weighted by Gasteiger charge is -2.10. The van der Waals surface area contributed by atoms with E-state index < -0.39 is 5.97 Å². The van der Waals surface area contributed by atoms with Crippen LogP contribution in [-0.4, -0.2) is 17.0 Å². The van der Waals surface area contributed by atoms with Crippen LogP contribution in [0, 0.1) is 13.8 Å². The van der Waals surface area contributed by atoms with Crippen molar-refractivity contribution in [2.45, 2.75) is 13.8 Å². The topological polar surface area (TPSA) is 92.4 Å². The van der Waals surface area contributed by atoms with Crippen LogP contribution in [0.1, 0.15) is 31.8 Å². The summed E-state index contributed by atoms with van der Waals surface area (Å²) in [7, 11) is 0. The van der Waals surface area contributed by atoms with E-state index in [9.17, 15) is 9.59 Å². The monoisotopic (exact) mass is 284 g/mol. The standard InChI is InChI=1S/C16H16N2O3/c1-9-3-4-11(7-10(9)2)15(19)18-14-6-5-12(17)8-13(14)16(20)21/h3-8H,17H2,1-2H3,(H,18,19)(H,20,21). The number of nitrogens with one attached hydrogen (secondary N) is 1. The quantitative estimate of drug-likeness (QED) is 0.756. The highest BCUT2D eigenvalue weighted by Crippen LogP contribution is 2.20. The Morgan fingerprint density at radius 2 is 1.76 bits per heavy atom. The fourth-order valence-corrected chi connectivity index (χ4v) is 1.92. The first-order chi connectivity index (χ1) is 9.88. The molecule has 0 radical (unpaired) electrons. The van der Waals surface area contributed by atoms with Gasteiger partial charge in [-0.15, -0.1) is 0 Å². The number of carbonyl (C=O) groups is 2. The average molecular weight is 284 g/mol. The minimum Gasteiger partial charge on any atom is -0.478 e. The highest BCUT2D eigenvalue weighted by molar-refractivity contribution is 6.08. The molecule has 4 N–H and O–H groups in total. The van der Waals surface area contributed by atoms with Gasteiger partial charge in [-0.1, -0.05) is 6.07 Å². The summed E-state index contributed by atoms with van der Waals surface area (Å²) in [5.41, 5.74) is 8.65. The molecule has 0 aliphatic carbocycles. The van der Waals surface area contributed by atoms with Gasteiger partial charge in [-0.05, 0) is 55.3 Å². The molecule has 108 valence electrons. The second-order valence-corrected chi connectivity index (χ2v) is 4.86. The molecule has 1 amide bonds. The highest BCUT2D eigenvalue weighted by atomic mass is 16.4. The van der Waals surface area contributed by atoms with Crippen LogP contribution in [0.5, 0.6) is 0 Å². The molecule has 2 rings (SSSR count). The predicted molar refractivity (Wildman–Crippen MR) is 81.7 cm³/mol. The molecule has 0 bridgehead atoms. The largest absolute Gasteiger partial charge is 0.478 e. The molecule has 0 unspecified atom stereocenters. The van der Waals surface area contributed by atoms with E-state index in [0.29, 0.717) is 11.3 Å². The van der Waals surface area contributed by atoms with Crippen molar-refractivity contribution in [1.29, 1.82) is 0 Å². The Kier molecular flexibility index (Phi) is 3.93. The van der Waals surface area contributed by atoms with Crippen molar-refractivity contribution in [3.05, 3.63) is 58.7 Å². The molecular weight excluding hydrogens is 268 g/mol. The zero-order valence-electron chi connectivity index (χ0n) is 11.8. The molecule has 0 saturated carbocycles. The Hall–Kier alpha value is -2.82. The number of amides is 1. The van der Waals surface area contributed by atoms with Crippen LogP contribution in [0.2, 0.25) is 0 Å². The van der Waals surface area contributed by atoms with Crippen LogP contribution >= 0.6 is 0 Å². The first-order valence-corrected chi connectivity index (χ1v) is 6.40. The SMILES string of the molecule is Cc1ccc(C(=O)Nc2ccc(N)cc2C(=O)O)cc1C. The van der Waals surface area contributed by atoms with Crippen LogP contribution in [-0.2, 0) is 0 Å². The van der Waals surface area contributed by atoms with Crippen LogP contribution in [0.4, 0.5) is 11.4 Å². The number of carbonyl (C=O) groups excluding carboxylic acids is 1. The van der Waals surface area contributed by atoms with E-state index in [0.717, 1.165) is 11.1 Å². The average Bonchev–Trinajstić information content (AvgIpc) is 2.43. The second kappa shape index (κ2) is 5.66. The van der Waals surface area contributed by atoms with Crippen LogP contribution in [0.15, 0.2) is 36.4 Å². The molecule has 0 saturated heterocycles. The Bertz CT molecular complexity index is 723. The molecule has 5 heteroatoms. The molecule has 2 aromatic carbocycles. The van der Waals surface area contributed by atoms with Crippen LogP contribution in [0.25, 0.3) is 0 Å². The Morgan fingerprint density at radius 1 is 1.05 bits per heavy atom. The number of rotatable bonds is 3. The van der Waals surface area contributed by atoms with Crippen molar-refractivity contribution in [2.24, 2.45) is 0 Å². The summed E-state index contributed by atoms with van der Waals surface area (Å²) in [5, 5.41) is 11.8. The number of hydrogen-bond acceptors (Lipinski definition) is 3. The zero-order chi connectivity index (χ0) is 15.6. The van der Waals surface area contributed by atoms with E-state index in [2.05, 4.69) is 5.32 Å². The van der Waals surface area contributed by atoms with Gasteiger partial charge in [-0.25, -0.2) is 4.79 Å². The highest BCUT2D eigenvalue weighted by Gasteiger charge is 2.14. The number of carboxylic acids is 1. The van der Waals surface area contributed by atoms with Gasteiger partial charge in [0.25, 0.3) is 5.91 Å². The van der Waals surface area contributed by atoms with Gasteiger partial charge in [0.05, 0.1) is 11.3 Å². The number of hydrogen-bond donors (Lipinski definition) is 3. The van der Waals surface area contributed by atoms with Crippen molar-refractivity contribution in [2.75, 3.05) is 11.1 Å². The third-order valence-electron chi connectivity index (χ3n) is 3.29. The summed E-state index contributed by atoms with van der Waals surface area (Å²) in [6.45, 7) is 3.87. The maximum absolute atomic E-state index is 12.2. The van der Waals surface area contributed by atoms with Gasteiger partial charge in [0.2, 0.25) is 0 Å². The Morgan fingerprint density at radius 3 is 2.38 bits per heavy atom. The molecule has 0 spiro atoms. The summed E-state index contributed by atoms with van der Waals surface area (Å²) in [4.78, 5) is 23.4. The van der Waals surface area contributed by atoms with Crippen molar-refractivity contribution >= 4 is 23.3 Å². The lowest BCUT2D eigenvalue weighted by molar-refractivity contribution is 0.0698. The molecule has 21 heavy (non-hydrogen) atoms. The summed E-state index contributed by atoms with van der Waals surface area (Å²) in [6, 6.07) is 9.67. The van der Waals surface area contributed by atoms with Crippen molar-refractivity contribution in [3.8, 4) is 0 Å². The number of aromatic carboxylic acids is 1. The summed E-state index contributed by atoms with van der Waals surface area (Å²) in [6.07, 6.45) is 0. The van der Waals surface area contributed by atoms with Crippen molar-refractivity contribution < 1.29 is 14.7 Å². The lowest BCUT2D eigenvalue weighted by Crippen LogP contribution is -2.15. The molecule has 2 aromatic rings. The van der Waals surface area contributed by atoms with Crippen molar-refractivity contribution in [3.63, 3.8) is 0 Å². The molecule has 5 nitrogen and oxygen atoms in total. The van der Waals surface area contributed by atoms with E-state index >= 15 is 0 Å². The lowest BCUT2D eigenvalue weighted by atomic mass is 10.1. The zero-order valence-corrected chi connectivity index (χ0v) is 11.8. The van der Waals surface area contributed by atoms with Gasteiger partial charge in [0.15, 0.2) is 0 Å². The van der Waals surface area contributed by atoms with E-state index in [1.807, 2.05) is 19.9 Å².